The van der Waals surface area contributed by atoms with Gasteiger partial charge in [0.1, 0.15) is 0 Å². The van der Waals surface area contributed by atoms with Gasteiger partial charge in [-0.05, 0) is 46.4 Å². The molecular formula is C16H26N2O2. The minimum Gasteiger partial charge on any atom is -0.390 e. The molecule has 0 aromatic carbocycles. The average Bonchev–Trinajstić information content (AvgIpc) is 2.49. The van der Waals surface area contributed by atoms with Crippen molar-refractivity contribution >= 4 is 0 Å². The van der Waals surface area contributed by atoms with Crippen molar-refractivity contribution in [1.82, 2.24) is 9.88 Å². The van der Waals surface area contributed by atoms with Crippen LogP contribution >= 0.6 is 0 Å². The summed E-state index contributed by atoms with van der Waals surface area (Å²) in [5.41, 5.74) is 0.385. The number of aromatic nitrogens is 1. The first-order chi connectivity index (χ1) is 9.22. The fourth-order valence-electron chi connectivity index (χ4n) is 3.20. The summed E-state index contributed by atoms with van der Waals surface area (Å²) in [4.78, 5) is 6.36. The van der Waals surface area contributed by atoms with Crippen LogP contribution in [-0.2, 0) is 11.3 Å². The van der Waals surface area contributed by atoms with Gasteiger partial charge in [0.2, 0.25) is 0 Å². The highest BCUT2D eigenvalue weighted by Gasteiger charge is 2.53. The van der Waals surface area contributed by atoms with E-state index >= 15 is 0 Å². The van der Waals surface area contributed by atoms with Gasteiger partial charge < -0.3 is 14.7 Å². The molecule has 1 aliphatic heterocycles. The van der Waals surface area contributed by atoms with Crippen LogP contribution in [-0.4, -0.2) is 45.9 Å². The molecule has 0 aliphatic carbocycles. The minimum absolute atomic E-state index is 0.0965. The number of aliphatic hydroxyl groups excluding tert-OH is 1. The lowest BCUT2D eigenvalue weighted by atomic mass is 9.84. The van der Waals surface area contributed by atoms with E-state index in [2.05, 4.69) is 36.8 Å². The van der Waals surface area contributed by atoms with E-state index in [1.807, 2.05) is 26.1 Å². The molecule has 2 rings (SSSR count). The number of rotatable bonds is 4. The van der Waals surface area contributed by atoms with E-state index in [1.54, 1.807) is 6.20 Å². The minimum atomic E-state index is -0.483. The standard InChI is InChI=1S/C16H26N2O2/c1-15(2)13(14(19)16(3,4)20-15)11-18(5)10-12-7-6-8-17-9-12/h6-9,13-14,19H,10-11H2,1-5H3. The van der Waals surface area contributed by atoms with E-state index < -0.39 is 11.7 Å². The Bertz CT molecular complexity index is 445. The third-order valence-corrected chi connectivity index (χ3v) is 4.20. The van der Waals surface area contributed by atoms with Gasteiger partial charge >= 0.3 is 0 Å². The summed E-state index contributed by atoms with van der Waals surface area (Å²) in [7, 11) is 2.07. The number of nitrogens with zero attached hydrogens (tertiary/aromatic N) is 2. The third-order valence-electron chi connectivity index (χ3n) is 4.20. The molecule has 1 aromatic heterocycles. The van der Waals surface area contributed by atoms with Crippen molar-refractivity contribution in [2.24, 2.45) is 5.92 Å². The molecule has 1 N–H and O–H groups in total. The van der Waals surface area contributed by atoms with Gasteiger partial charge in [-0.1, -0.05) is 6.07 Å². The SMILES string of the molecule is CN(Cc1cccnc1)CC1C(O)C(C)(C)OC1(C)C. The summed E-state index contributed by atoms with van der Waals surface area (Å²) in [5, 5.41) is 10.5. The fraction of sp³-hybridized carbons (Fsp3) is 0.688. The van der Waals surface area contributed by atoms with Crippen LogP contribution < -0.4 is 0 Å². The van der Waals surface area contributed by atoms with Gasteiger partial charge in [0.05, 0.1) is 17.3 Å². The molecule has 1 saturated heterocycles. The predicted octanol–water partition coefficient (Wildman–Crippen LogP) is 2.08. The van der Waals surface area contributed by atoms with E-state index in [-0.39, 0.29) is 11.5 Å². The summed E-state index contributed by atoms with van der Waals surface area (Å²) < 4.78 is 6.02. The van der Waals surface area contributed by atoms with Gasteiger partial charge in [-0.2, -0.15) is 0 Å². The maximum absolute atomic E-state index is 10.5. The predicted molar refractivity (Wildman–Crippen MR) is 79.3 cm³/mol. The van der Waals surface area contributed by atoms with Gasteiger partial charge in [0, 0.05) is 31.4 Å². The Kier molecular flexibility index (Phi) is 4.19. The topological polar surface area (TPSA) is 45.6 Å². The van der Waals surface area contributed by atoms with Gasteiger partial charge in [-0.3, -0.25) is 4.98 Å². The summed E-state index contributed by atoms with van der Waals surface area (Å²) in [6, 6.07) is 4.02. The van der Waals surface area contributed by atoms with Crippen molar-refractivity contribution in [3.63, 3.8) is 0 Å². The number of hydrogen-bond donors (Lipinski definition) is 1. The maximum atomic E-state index is 10.5. The highest BCUT2D eigenvalue weighted by atomic mass is 16.5. The highest BCUT2D eigenvalue weighted by Crippen LogP contribution is 2.42. The number of aliphatic hydroxyl groups is 1. The molecule has 2 atom stereocenters. The monoisotopic (exact) mass is 278 g/mol. The lowest BCUT2D eigenvalue weighted by Crippen LogP contribution is -2.42. The molecule has 1 aromatic rings. The van der Waals surface area contributed by atoms with Crippen LogP contribution in [0.3, 0.4) is 0 Å². The van der Waals surface area contributed by atoms with E-state index in [4.69, 9.17) is 4.74 Å². The molecule has 0 saturated carbocycles. The summed E-state index contributed by atoms with van der Waals surface area (Å²) in [6.45, 7) is 9.67. The number of pyridine rings is 1. The Balaban J connectivity index is 2.02. The van der Waals surface area contributed by atoms with Gasteiger partial charge in [0.15, 0.2) is 0 Å². The zero-order valence-corrected chi connectivity index (χ0v) is 13.1. The Morgan fingerprint density at radius 1 is 1.30 bits per heavy atom. The molecule has 0 radical (unpaired) electrons. The van der Waals surface area contributed by atoms with Crippen LogP contribution in [0, 0.1) is 5.92 Å². The molecule has 4 nitrogen and oxygen atoms in total. The molecule has 0 spiro atoms. The lowest BCUT2D eigenvalue weighted by Gasteiger charge is -2.30. The maximum Gasteiger partial charge on any atom is 0.0896 e. The molecule has 1 aliphatic rings. The molecular weight excluding hydrogens is 252 g/mol. The van der Waals surface area contributed by atoms with Crippen molar-refractivity contribution in [2.75, 3.05) is 13.6 Å². The van der Waals surface area contributed by atoms with Crippen LogP contribution in [0.1, 0.15) is 33.3 Å². The average molecular weight is 278 g/mol. The molecule has 0 amide bonds. The second-order valence-corrected chi connectivity index (χ2v) is 6.92. The molecule has 2 unspecified atom stereocenters. The molecule has 2 heterocycles. The Labute approximate surface area is 121 Å². The summed E-state index contributed by atoms with van der Waals surface area (Å²) in [5.74, 6) is 0.0965. The van der Waals surface area contributed by atoms with Crippen LogP contribution in [0.15, 0.2) is 24.5 Å². The smallest absolute Gasteiger partial charge is 0.0896 e. The van der Waals surface area contributed by atoms with Crippen LogP contribution in [0.5, 0.6) is 0 Å². The van der Waals surface area contributed by atoms with Crippen LogP contribution in [0.25, 0.3) is 0 Å². The van der Waals surface area contributed by atoms with E-state index in [9.17, 15) is 5.11 Å². The summed E-state index contributed by atoms with van der Waals surface area (Å²) >= 11 is 0. The first kappa shape index (κ1) is 15.4. The second kappa shape index (κ2) is 5.43. The van der Waals surface area contributed by atoms with Crippen molar-refractivity contribution < 1.29 is 9.84 Å². The Morgan fingerprint density at radius 3 is 2.50 bits per heavy atom. The third kappa shape index (κ3) is 3.19. The Morgan fingerprint density at radius 2 is 2.00 bits per heavy atom. The summed E-state index contributed by atoms with van der Waals surface area (Å²) in [6.07, 6.45) is 3.21. The van der Waals surface area contributed by atoms with Crippen LogP contribution in [0.2, 0.25) is 0 Å². The molecule has 1 fully saturated rings. The van der Waals surface area contributed by atoms with Gasteiger partial charge in [0.25, 0.3) is 0 Å². The second-order valence-electron chi connectivity index (χ2n) is 6.92. The number of ether oxygens (including phenoxy) is 1. The Hall–Kier alpha value is -0.970. The molecule has 20 heavy (non-hydrogen) atoms. The zero-order valence-electron chi connectivity index (χ0n) is 13.1. The van der Waals surface area contributed by atoms with Crippen molar-refractivity contribution in [2.45, 2.75) is 51.5 Å². The van der Waals surface area contributed by atoms with E-state index in [0.29, 0.717) is 0 Å². The molecule has 4 heteroatoms. The highest BCUT2D eigenvalue weighted by molar-refractivity contribution is 5.08. The first-order valence-corrected chi connectivity index (χ1v) is 7.18. The van der Waals surface area contributed by atoms with E-state index in [0.717, 1.165) is 13.1 Å². The largest absolute Gasteiger partial charge is 0.390 e. The molecule has 112 valence electrons. The quantitative estimate of drug-likeness (QED) is 0.916. The first-order valence-electron chi connectivity index (χ1n) is 7.18. The van der Waals surface area contributed by atoms with Gasteiger partial charge in [-0.25, -0.2) is 0 Å². The van der Waals surface area contributed by atoms with Gasteiger partial charge in [-0.15, -0.1) is 0 Å². The van der Waals surface area contributed by atoms with E-state index in [1.165, 1.54) is 5.56 Å². The normalized spacial score (nSPS) is 27.9. The van der Waals surface area contributed by atoms with Crippen molar-refractivity contribution in [3.8, 4) is 0 Å². The zero-order chi connectivity index (χ0) is 15.0. The van der Waals surface area contributed by atoms with Crippen molar-refractivity contribution in [3.05, 3.63) is 30.1 Å². The fourth-order valence-corrected chi connectivity index (χ4v) is 3.20. The molecule has 0 bridgehead atoms. The van der Waals surface area contributed by atoms with Crippen molar-refractivity contribution in [1.29, 1.82) is 0 Å². The lowest BCUT2D eigenvalue weighted by molar-refractivity contribution is -0.0912. The number of hydrogen-bond acceptors (Lipinski definition) is 4. The van der Waals surface area contributed by atoms with Crippen LogP contribution in [0.4, 0.5) is 0 Å².